The van der Waals surface area contributed by atoms with Crippen LogP contribution in [0.4, 0.5) is 0 Å². The molecule has 0 radical (unpaired) electrons. The van der Waals surface area contributed by atoms with Crippen molar-refractivity contribution in [1.82, 2.24) is 5.32 Å². The van der Waals surface area contributed by atoms with Gasteiger partial charge in [-0.05, 0) is 17.4 Å². The van der Waals surface area contributed by atoms with Crippen molar-refractivity contribution in [3.63, 3.8) is 0 Å². The molecule has 0 saturated heterocycles. The van der Waals surface area contributed by atoms with Gasteiger partial charge in [0.1, 0.15) is 0 Å². The monoisotopic (exact) mass is 275 g/mol. The van der Waals surface area contributed by atoms with Crippen molar-refractivity contribution < 1.29 is 4.74 Å². The molecule has 20 heavy (non-hydrogen) atoms. The Labute approximate surface area is 123 Å². The zero-order valence-corrected chi connectivity index (χ0v) is 13.0. The van der Waals surface area contributed by atoms with Gasteiger partial charge in [0.05, 0.1) is 13.2 Å². The summed E-state index contributed by atoms with van der Waals surface area (Å²) in [5, 5.41) is 3.59. The van der Waals surface area contributed by atoms with E-state index >= 15 is 0 Å². The lowest BCUT2D eigenvalue weighted by Gasteiger charge is -2.25. The Morgan fingerprint density at radius 2 is 1.85 bits per heavy atom. The SMILES string of the molecule is CC(C)NCC(COCc1ccccc1)C1CCCC1. The third kappa shape index (κ3) is 5.26. The largest absolute Gasteiger partial charge is 0.376 e. The standard InChI is InChI=1S/C18H29NO/c1-15(2)19-12-18(17-10-6-7-11-17)14-20-13-16-8-4-3-5-9-16/h3-5,8-9,15,17-19H,6-7,10-14H2,1-2H3. The molecule has 0 spiro atoms. The first kappa shape index (κ1) is 15.5. The molecule has 1 atom stereocenters. The van der Waals surface area contributed by atoms with Gasteiger partial charge in [-0.25, -0.2) is 0 Å². The average Bonchev–Trinajstić information content (AvgIpc) is 2.97. The van der Waals surface area contributed by atoms with E-state index in [0.717, 1.165) is 25.7 Å². The molecular formula is C18H29NO. The Hall–Kier alpha value is -0.860. The first-order valence-electron chi connectivity index (χ1n) is 8.10. The predicted molar refractivity (Wildman–Crippen MR) is 84.7 cm³/mol. The molecule has 0 heterocycles. The van der Waals surface area contributed by atoms with Gasteiger partial charge in [0.25, 0.3) is 0 Å². The van der Waals surface area contributed by atoms with E-state index < -0.39 is 0 Å². The third-order valence-electron chi connectivity index (χ3n) is 4.30. The van der Waals surface area contributed by atoms with E-state index in [9.17, 15) is 0 Å². The summed E-state index contributed by atoms with van der Waals surface area (Å²) >= 11 is 0. The number of nitrogens with one attached hydrogen (secondary N) is 1. The number of ether oxygens (including phenoxy) is 1. The summed E-state index contributed by atoms with van der Waals surface area (Å²) in [5.41, 5.74) is 1.27. The van der Waals surface area contributed by atoms with Crippen LogP contribution in [0.25, 0.3) is 0 Å². The number of benzene rings is 1. The van der Waals surface area contributed by atoms with Crippen LogP contribution in [0.5, 0.6) is 0 Å². The molecule has 2 heteroatoms. The molecule has 1 aromatic rings. The van der Waals surface area contributed by atoms with Gasteiger partial charge in [0, 0.05) is 12.6 Å². The van der Waals surface area contributed by atoms with Crippen LogP contribution >= 0.6 is 0 Å². The van der Waals surface area contributed by atoms with E-state index in [-0.39, 0.29) is 0 Å². The highest BCUT2D eigenvalue weighted by Gasteiger charge is 2.25. The zero-order chi connectivity index (χ0) is 14.2. The van der Waals surface area contributed by atoms with E-state index in [1.165, 1.54) is 31.2 Å². The van der Waals surface area contributed by atoms with Crippen LogP contribution in [0.2, 0.25) is 0 Å². The maximum Gasteiger partial charge on any atom is 0.0717 e. The Morgan fingerprint density at radius 3 is 2.50 bits per heavy atom. The molecule has 1 saturated carbocycles. The first-order valence-corrected chi connectivity index (χ1v) is 8.10. The Morgan fingerprint density at radius 1 is 1.15 bits per heavy atom. The van der Waals surface area contributed by atoms with Crippen molar-refractivity contribution in [3.8, 4) is 0 Å². The Balaban J connectivity index is 1.77. The number of rotatable bonds is 8. The first-order chi connectivity index (χ1) is 9.75. The summed E-state index contributed by atoms with van der Waals surface area (Å²) in [4.78, 5) is 0. The van der Waals surface area contributed by atoms with E-state index in [4.69, 9.17) is 4.74 Å². The second kappa shape index (κ2) is 8.43. The number of hydrogen-bond donors (Lipinski definition) is 1. The molecule has 2 nitrogen and oxygen atoms in total. The average molecular weight is 275 g/mol. The van der Waals surface area contributed by atoms with Crippen LogP contribution in [-0.4, -0.2) is 19.2 Å². The fourth-order valence-electron chi connectivity index (χ4n) is 3.08. The van der Waals surface area contributed by atoms with Gasteiger partial charge in [-0.1, -0.05) is 69.9 Å². The van der Waals surface area contributed by atoms with E-state index in [0.29, 0.717) is 12.0 Å². The van der Waals surface area contributed by atoms with E-state index in [2.05, 4.69) is 49.5 Å². The van der Waals surface area contributed by atoms with Crippen molar-refractivity contribution in [2.75, 3.05) is 13.2 Å². The summed E-state index contributed by atoms with van der Waals surface area (Å²) < 4.78 is 5.99. The molecule has 0 aromatic heterocycles. The molecule has 1 N–H and O–H groups in total. The normalized spacial score (nSPS) is 17.8. The lowest BCUT2D eigenvalue weighted by Crippen LogP contribution is -2.34. The summed E-state index contributed by atoms with van der Waals surface area (Å²) in [6.07, 6.45) is 5.58. The molecule has 0 bridgehead atoms. The summed E-state index contributed by atoms with van der Waals surface area (Å²) in [7, 11) is 0. The Kier molecular flexibility index (Phi) is 6.55. The molecule has 112 valence electrons. The second-order valence-corrected chi connectivity index (χ2v) is 6.37. The van der Waals surface area contributed by atoms with Crippen LogP contribution in [-0.2, 0) is 11.3 Å². The van der Waals surface area contributed by atoms with Crippen LogP contribution < -0.4 is 5.32 Å². The topological polar surface area (TPSA) is 21.3 Å². The molecule has 1 aliphatic carbocycles. The van der Waals surface area contributed by atoms with Crippen LogP contribution in [0, 0.1) is 11.8 Å². The summed E-state index contributed by atoms with van der Waals surface area (Å²) in [6, 6.07) is 11.0. The minimum atomic E-state index is 0.563. The van der Waals surface area contributed by atoms with Gasteiger partial charge in [-0.15, -0.1) is 0 Å². The Bertz CT molecular complexity index is 357. The van der Waals surface area contributed by atoms with Crippen molar-refractivity contribution in [3.05, 3.63) is 35.9 Å². The third-order valence-corrected chi connectivity index (χ3v) is 4.30. The van der Waals surface area contributed by atoms with Crippen molar-refractivity contribution >= 4 is 0 Å². The van der Waals surface area contributed by atoms with Crippen LogP contribution in [0.15, 0.2) is 30.3 Å². The fourth-order valence-corrected chi connectivity index (χ4v) is 3.08. The molecule has 1 unspecified atom stereocenters. The molecule has 2 rings (SSSR count). The van der Waals surface area contributed by atoms with Crippen LogP contribution in [0.1, 0.15) is 45.1 Å². The van der Waals surface area contributed by atoms with Gasteiger partial charge < -0.3 is 10.1 Å². The van der Waals surface area contributed by atoms with Crippen molar-refractivity contribution in [2.45, 2.75) is 52.2 Å². The summed E-state index contributed by atoms with van der Waals surface area (Å²) in [5.74, 6) is 1.53. The number of hydrogen-bond acceptors (Lipinski definition) is 2. The van der Waals surface area contributed by atoms with Crippen molar-refractivity contribution in [1.29, 1.82) is 0 Å². The lowest BCUT2D eigenvalue weighted by atomic mass is 9.91. The zero-order valence-electron chi connectivity index (χ0n) is 13.0. The van der Waals surface area contributed by atoms with Gasteiger partial charge in [0.2, 0.25) is 0 Å². The fraction of sp³-hybridized carbons (Fsp3) is 0.667. The second-order valence-electron chi connectivity index (χ2n) is 6.37. The van der Waals surface area contributed by atoms with Crippen LogP contribution in [0.3, 0.4) is 0 Å². The summed E-state index contributed by atoms with van der Waals surface area (Å²) in [6.45, 7) is 7.16. The minimum absolute atomic E-state index is 0.563. The molecule has 0 amide bonds. The highest BCUT2D eigenvalue weighted by Crippen LogP contribution is 2.31. The highest BCUT2D eigenvalue weighted by molar-refractivity contribution is 5.13. The van der Waals surface area contributed by atoms with Crippen molar-refractivity contribution in [2.24, 2.45) is 11.8 Å². The quantitative estimate of drug-likeness (QED) is 0.774. The maximum atomic E-state index is 5.99. The molecule has 1 aliphatic rings. The van der Waals surface area contributed by atoms with E-state index in [1.807, 2.05) is 0 Å². The lowest BCUT2D eigenvalue weighted by molar-refractivity contribution is 0.0654. The molecule has 1 aromatic carbocycles. The predicted octanol–water partition coefficient (Wildman–Crippen LogP) is 4.01. The van der Waals surface area contributed by atoms with Gasteiger partial charge >= 0.3 is 0 Å². The van der Waals surface area contributed by atoms with Gasteiger partial charge in [-0.3, -0.25) is 0 Å². The molecule has 0 aliphatic heterocycles. The van der Waals surface area contributed by atoms with Gasteiger partial charge in [-0.2, -0.15) is 0 Å². The molecular weight excluding hydrogens is 246 g/mol. The van der Waals surface area contributed by atoms with Gasteiger partial charge in [0.15, 0.2) is 0 Å². The smallest absolute Gasteiger partial charge is 0.0717 e. The molecule has 1 fully saturated rings. The van der Waals surface area contributed by atoms with E-state index in [1.54, 1.807) is 0 Å². The maximum absolute atomic E-state index is 5.99. The minimum Gasteiger partial charge on any atom is -0.376 e. The highest BCUT2D eigenvalue weighted by atomic mass is 16.5.